The van der Waals surface area contributed by atoms with E-state index < -0.39 is 0 Å². The van der Waals surface area contributed by atoms with Crippen LogP contribution >= 0.6 is 0 Å². The lowest BCUT2D eigenvalue weighted by Gasteiger charge is -2.30. The topological polar surface area (TPSA) is 38.8 Å². The van der Waals surface area contributed by atoms with Gasteiger partial charge in [-0.15, -0.1) is 0 Å². The fraction of sp³-hybridized carbons (Fsp3) is 0.500. The Kier molecular flexibility index (Phi) is 4.36. The summed E-state index contributed by atoms with van der Waals surface area (Å²) >= 11 is 0. The molecule has 1 amide bonds. The highest BCUT2D eigenvalue weighted by Crippen LogP contribution is 2.33. The molecule has 0 fully saturated rings. The second-order valence-corrected chi connectivity index (χ2v) is 6.01. The molecule has 1 heterocycles. The number of methoxy groups -OCH3 is 2. The number of amides is 1. The average Bonchev–Trinajstić information content (AvgIpc) is 3.05. The molecule has 0 radical (unpaired) electrons. The zero-order valence-electron chi connectivity index (χ0n) is 13.3. The van der Waals surface area contributed by atoms with Gasteiger partial charge in [-0.2, -0.15) is 0 Å². The molecule has 3 rings (SSSR count). The molecule has 1 aromatic rings. The number of nitrogens with zero attached hydrogens (tertiary/aromatic N) is 1. The summed E-state index contributed by atoms with van der Waals surface area (Å²) in [7, 11) is 3.29. The number of allylic oxidation sites excluding steroid dienone is 2. The van der Waals surface area contributed by atoms with Gasteiger partial charge in [0.05, 0.1) is 14.2 Å². The Morgan fingerprint density at radius 1 is 1.23 bits per heavy atom. The van der Waals surface area contributed by atoms with E-state index in [-0.39, 0.29) is 5.91 Å². The van der Waals surface area contributed by atoms with Crippen molar-refractivity contribution in [3.63, 3.8) is 0 Å². The van der Waals surface area contributed by atoms with Gasteiger partial charge in [0.1, 0.15) is 0 Å². The molecule has 118 valence electrons. The number of fused-ring (bicyclic) bond motifs is 1. The number of carbonyl (C=O) groups excluding carboxylic acids is 1. The quantitative estimate of drug-likeness (QED) is 0.803. The van der Waals surface area contributed by atoms with Gasteiger partial charge < -0.3 is 14.4 Å². The number of rotatable bonds is 4. The zero-order valence-corrected chi connectivity index (χ0v) is 13.3. The number of benzene rings is 1. The first kappa shape index (κ1) is 14.9. The Morgan fingerprint density at radius 2 is 1.95 bits per heavy atom. The molecule has 0 N–H and O–H groups in total. The van der Waals surface area contributed by atoms with Gasteiger partial charge >= 0.3 is 0 Å². The molecule has 22 heavy (non-hydrogen) atoms. The van der Waals surface area contributed by atoms with Crippen molar-refractivity contribution in [2.45, 2.75) is 32.2 Å². The zero-order chi connectivity index (χ0) is 15.5. The van der Waals surface area contributed by atoms with Crippen LogP contribution in [0.4, 0.5) is 0 Å². The van der Waals surface area contributed by atoms with E-state index in [1.54, 1.807) is 14.2 Å². The number of hydrogen-bond donors (Lipinski definition) is 0. The van der Waals surface area contributed by atoms with E-state index in [4.69, 9.17) is 9.47 Å². The summed E-state index contributed by atoms with van der Waals surface area (Å²) in [6.45, 7) is 1.46. The van der Waals surface area contributed by atoms with Gasteiger partial charge in [0.25, 0.3) is 0 Å². The standard InChI is InChI=1S/C18H23NO3/c1-21-16-10-14-7-8-19(12-15(14)11-17(16)22-2)18(20)9-13-5-3-4-6-13/h3,5,10-11,13H,4,6-9,12H2,1-2H3. The van der Waals surface area contributed by atoms with Crippen LogP contribution in [0.1, 0.15) is 30.4 Å². The molecule has 1 aromatic carbocycles. The lowest BCUT2D eigenvalue weighted by Crippen LogP contribution is -2.36. The molecule has 1 atom stereocenters. The van der Waals surface area contributed by atoms with Crippen molar-refractivity contribution in [2.24, 2.45) is 5.92 Å². The van der Waals surface area contributed by atoms with Gasteiger partial charge in [0.2, 0.25) is 5.91 Å². The summed E-state index contributed by atoms with van der Waals surface area (Å²) in [5.41, 5.74) is 2.42. The third-order valence-electron chi connectivity index (χ3n) is 4.62. The van der Waals surface area contributed by atoms with Crippen LogP contribution in [0, 0.1) is 5.92 Å². The summed E-state index contributed by atoms with van der Waals surface area (Å²) < 4.78 is 10.7. The Labute approximate surface area is 131 Å². The molecule has 1 aliphatic carbocycles. The Hall–Kier alpha value is -1.97. The van der Waals surface area contributed by atoms with Crippen molar-refractivity contribution >= 4 is 5.91 Å². The molecule has 0 aromatic heterocycles. The van der Waals surface area contributed by atoms with Crippen LogP contribution in [-0.4, -0.2) is 31.6 Å². The minimum absolute atomic E-state index is 0.261. The Bertz CT molecular complexity index is 594. The second kappa shape index (κ2) is 6.42. The number of ether oxygens (including phenoxy) is 2. The van der Waals surface area contributed by atoms with E-state index in [0.717, 1.165) is 37.3 Å². The fourth-order valence-corrected chi connectivity index (χ4v) is 3.31. The maximum Gasteiger partial charge on any atom is 0.223 e. The van der Waals surface area contributed by atoms with Gasteiger partial charge in [-0.25, -0.2) is 0 Å². The molecule has 1 aliphatic heterocycles. The van der Waals surface area contributed by atoms with Crippen LogP contribution < -0.4 is 9.47 Å². The molecular formula is C18H23NO3. The van der Waals surface area contributed by atoms with Crippen molar-refractivity contribution in [3.8, 4) is 11.5 Å². The third-order valence-corrected chi connectivity index (χ3v) is 4.62. The highest BCUT2D eigenvalue weighted by molar-refractivity contribution is 5.77. The monoisotopic (exact) mass is 301 g/mol. The minimum Gasteiger partial charge on any atom is -0.493 e. The SMILES string of the molecule is COc1cc2c(cc1OC)CN(C(=O)CC1C=CCC1)CC2. The summed E-state index contributed by atoms with van der Waals surface area (Å²) in [6.07, 6.45) is 8.10. The fourth-order valence-electron chi connectivity index (χ4n) is 3.31. The lowest BCUT2D eigenvalue weighted by atomic mass is 9.97. The van der Waals surface area contributed by atoms with Crippen molar-refractivity contribution in [2.75, 3.05) is 20.8 Å². The molecule has 4 heteroatoms. The minimum atomic E-state index is 0.261. The van der Waals surface area contributed by atoms with E-state index in [1.165, 1.54) is 11.1 Å². The predicted molar refractivity (Wildman–Crippen MR) is 85.1 cm³/mol. The normalized spacial score (nSPS) is 19.9. The molecular weight excluding hydrogens is 278 g/mol. The van der Waals surface area contributed by atoms with Gasteiger partial charge in [-0.3, -0.25) is 4.79 Å². The highest BCUT2D eigenvalue weighted by atomic mass is 16.5. The van der Waals surface area contributed by atoms with Gasteiger partial charge in [0.15, 0.2) is 11.5 Å². The lowest BCUT2D eigenvalue weighted by molar-refractivity contribution is -0.132. The predicted octanol–water partition coefficient (Wildman–Crippen LogP) is 2.94. The van der Waals surface area contributed by atoms with E-state index in [1.807, 2.05) is 17.0 Å². The average molecular weight is 301 g/mol. The number of hydrogen-bond acceptors (Lipinski definition) is 3. The van der Waals surface area contributed by atoms with Gasteiger partial charge in [-0.1, -0.05) is 12.2 Å². The van der Waals surface area contributed by atoms with Crippen LogP contribution in [0.5, 0.6) is 11.5 Å². The first-order valence-corrected chi connectivity index (χ1v) is 7.89. The Balaban J connectivity index is 1.72. The highest BCUT2D eigenvalue weighted by Gasteiger charge is 2.24. The largest absolute Gasteiger partial charge is 0.493 e. The maximum absolute atomic E-state index is 12.5. The van der Waals surface area contributed by atoms with Crippen LogP contribution in [0.2, 0.25) is 0 Å². The van der Waals surface area contributed by atoms with Gasteiger partial charge in [-0.05, 0) is 48.4 Å². The van der Waals surface area contributed by atoms with Crippen LogP contribution in [0.25, 0.3) is 0 Å². The summed E-state index contributed by atoms with van der Waals surface area (Å²) in [5.74, 6) is 2.18. The summed E-state index contributed by atoms with van der Waals surface area (Å²) in [5, 5.41) is 0. The molecule has 1 unspecified atom stereocenters. The summed E-state index contributed by atoms with van der Waals surface area (Å²) in [6, 6.07) is 4.04. The number of carbonyl (C=O) groups is 1. The molecule has 4 nitrogen and oxygen atoms in total. The van der Waals surface area contributed by atoms with Crippen molar-refractivity contribution in [1.82, 2.24) is 4.90 Å². The van der Waals surface area contributed by atoms with E-state index in [0.29, 0.717) is 18.9 Å². The van der Waals surface area contributed by atoms with E-state index in [2.05, 4.69) is 12.2 Å². The molecule has 0 saturated heterocycles. The first-order chi connectivity index (χ1) is 10.7. The van der Waals surface area contributed by atoms with Gasteiger partial charge in [0, 0.05) is 19.5 Å². The first-order valence-electron chi connectivity index (χ1n) is 7.89. The third kappa shape index (κ3) is 2.96. The van der Waals surface area contributed by atoms with E-state index >= 15 is 0 Å². The summed E-state index contributed by atoms with van der Waals surface area (Å²) in [4.78, 5) is 14.5. The molecule has 0 spiro atoms. The molecule has 0 saturated carbocycles. The van der Waals surface area contributed by atoms with Crippen molar-refractivity contribution in [1.29, 1.82) is 0 Å². The molecule has 2 aliphatic rings. The van der Waals surface area contributed by atoms with E-state index in [9.17, 15) is 4.79 Å². The van der Waals surface area contributed by atoms with Crippen LogP contribution in [-0.2, 0) is 17.8 Å². The van der Waals surface area contributed by atoms with Crippen LogP contribution in [0.15, 0.2) is 24.3 Å². The van der Waals surface area contributed by atoms with Crippen LogP contribution in [0.3, 0.4) is 0 Å². The molecule has 0 bridgehead atoms. The Morgan fingerprint density at radius 3 is 2.59 bits per heavy atom. The van der Waals surface area contributed by atoms with Crippen molar-refractivity contribution in [3.05, 3.63) is 35.4 Å². The van der Waals surface area contributed by atoms with Crippen molar-refractivity contribution < 1.29 is 14.3 Å². The maximum atomic E-state index is 12.5. The smallest absolute Gasteiger partial charge is 0.223 e. The second-order valence-electron chi connectivity index (χ2n) is 6.01.